The molecule has 0 bridgehead atoms. The lowest BCUT2D eigenvalue weighted by atomic mass is 10.0. The first-order valence-electron chi connectivity index (χ1n) is 6.41. The van der Waals surface area contributed by atoms with Crippen LogP contribution in [-0.2, 0) is 0 Å². The molecule has 0 saturated heterocycles. The smallest absolute Gasteiger partial charge is 0.123 e. The van der Waals surface area contributed by atoms with E-state index >= 15 is 0 Å². The molecule has 2 aromatic rings. The summed E-state index contributed by atoms with van der Waals surface area (Å²) >= 11 is 0. The lowest BCUT2D eigenvalue weighted by Gasteiger charge is -2.20. The average Bonchev–Trinajstić information content (AvgIpc) is 2.48. The summed E-state index contributed by atoms with van der Waals surface area (Å²) < 4.78 is 18.4. The van der Waals surface area contributed by atoms with E-state index in [2.05, 4.69) is 5.32 Å². The predicted octanol–water partition coefficient (Wildman–Crippen LogP) is 3.29. The number of nitrogens with one attached hydrogen (secondary N) is 1. The topological polar surface area (TPSA) is 41.5 Å². The second kappa shape index (κ2) is 6.39. The molecule has 0 fully saturated rings. The Hall–Kier alpha value is -2.07. The van der Waals surface area contributed by atoms with Crippen LogP contribution in [0, 0.1) is 12.7 Å². The summed E-state index contributed by atoms with van der Waals surface area (Å²) in [5.41, 5.74) is 2.53. The van der Waals surface area contributed by atoms with Crippen LogP contribution >= 0.6 is 0 Å². The van der Waals surface area contributed by atoms with Gasteiger partial charge in [0.25, 0.3) is 0 Å². The molecule has 0 aromatic heterocycles. The highest BCUT2D eigenvalue weighted by Gasteiger charge is 2.13. The highest BCUT2D eigenvalue weighted by Crippen LogP contribution is 2.24. The van der Waals surface area contributed by atoms with Crippen LogP contribution in [0.15, 0.2) is 42.5 Å². The zero-order valence-corrected chi connectivity index (χ0v) is 11.6. The summed E-state index contributed by atoms with van der Waals surface area (Å²) in [6, 6.07) is 11.6. The number of hydrogen-bond donors (Lipinski definition) is 2. The SMILES string of the molecule is COc1ccc(NC(CO)c2cc(F)ccc2C)cc1. The molecule has 0 aliphatic rings. The minimum Gasteiger partial charge on any atom is -0.497 e. The van der Waals surface area contributed by atoms with Crippen molar-refractivity contribution >= 4 is 5.69 Å². The summed E-state index contributed by atoms with van der Waals surface area (Å²) in [7, 11) is 1.61. The average molecular weight is 275 g/mol. The first-order chi connectivity index (χ1) is 9.63. The second-order valence-corrected chi connectivity index (χ2v) is 4.61. The Morgan fingerprint density at radius 2 is 1.90 bits per heavy atom. The van der Waals surface area contributed by atoms with Gasteiger partial charge in [-0.25, -0.2) is 4.39 Å². The molecule has 20 heavy (non-hydrogen) atoms. The summed E-state index contributed by atoms with van der Waals surface area (Å²) in [6.45, 7) is 1.78. The van der Waals surface area contributed by atoms with Crippen LogP contribution in [0.2, 0.25) is 0 Å². The van der Waals surface area contributed by atoms with Crippen LogP contribution in [0.4, 0.5) is 10.1 Å². The van der Waals surface area contributed by atoms with Crippen molar-refractivity contribution < 1.29 is 14.2 Å². The maximum Gasteiger partial charge on any atom is 0.123 e. The Balaban J connectivity index is 2.21. The van der Waals surface area contributed by atoms with E-state index in [1.807, 2.05) is 31.2 Å². The molecule has 2 N–H and O–H groups in total. The van der Waals surface area contributed by atoms with Crippen LogP contribution in [0.25, 0.3) is 0 Å². The van der Waals surface area contributed by atoms with Crippen LogP contribution in [0.5, 0.6) is 5.75 Å². The van der Waals surface area contributed by atoms with E-state index in [0.29, 0.717) is 0 Å². The highest BCUT2D eigenvalue weighted by atomic mass is 19.1. The van der Waals surface area contributed by atoms with E-state index in [4.69, 9.17) is 4.74 Å². The zero-order chi connectivity index (χ0) is 14.5. The number of aryl methyl sites for hydroxylation is 1. The molecule has 0 aliphatic heterocycles. The van der Waals surface area contributed by atoms with Crippen LogP contribution in [0.1, 0.15) is 17.2 Å². The number of ether oxygens (including phenoxy) is 1. The normalized spacial score (nSPS) is 12.0. The lowest BCUT2D eigenvalue weighted by Crippen LogP contribution is -2.16. The van der Waals surface area contributed by atoms with Crippen molar-refractivity contribution in [1.29, 1.82) is 0 Å². The Labute approximate surface area is 118 Å². The molecule has 2 rings (SSSR count). The summed E-state index contributed by atoms with van der Waals surface area (Å²) in [6.07, 6.45) is 0. The molecule has 106 valence electrons. The van der Waals surface area contributed by atoms with Gasteiger partial charge < -0.3 is 15.2 Å². The number of rotatable bonds is 5. The predicted molar refractivity (Wildman–Crippen MR) is 77.6 cm³/mol. The Morgan fingerprint density at radius 1 is 1.20 bits per heavy atom. The second-order valence-electron chi connectivity index (χ2n) is 4.61. The molecule has 2 aromatic carbocycles. The maximum absolute atomic E-state index is 13.4. The summed E-state index contributed by atoms with van der Waals surface area (Å²) in [5, 5.41) is 12.7. The van der Waals surface area contributed by atoms with Gasteiger partial charge in [-0.3, -0.25) is 0 Å². The number of benzene rings is 2. The van der Waals surface area contributed by atoms with Crippen molar-refractivity contribution in [1.82, 2.24) is 0 Å². The van der Waals surface area contributed by atoms with E-state index in [9.17, 15) is 9.50 Å². The van der Waals surface area contributed by atoms with E-state index in [-0.39, 0.29) is 18.5 Å². The monoisotopic (exact) mass is 275 g/mol. The third-order valence-electron chi connectivity index (χ3n) is 3.23. The molecule has 0 aliphatic carbocycles. The molecule has 1 unspecified atom stereocenters. The van der Waals surface area contributed by atoms with Gasteiger partial charge in [0, 0.05) is 5.69 Å². The number of anilines is 1. The van der Waals surface area contributed by atoms with Crippen LogP contribution < -0.4 is 10.1 Å². The van der Waals surface area contributed by atoms with E-state index in [1.165, 1.54) is 12.1 Å². The van der Waals surface area contributed by atoms with Crippen molar-refractivity contribution in [3.63, 3.8) is 0 Å². The van der Waals surface area contributed by atoms with Crippen molar-refractivity contribution in [3.05, 3.63) is 59.4 Å². The van der Waals surface area contributed by atoms with Gasteiger partial charge in [0.05, 0.1) is 19.8 Å². The molecular formula is C16H18FNO2. The van der Waals surface area contributed by atoms with Crippen LogP contribution in [-0.4, -0.2) is 18.8 Å². The summed E-state index contributed by atoms with van der Waals surface area (Å²) in [5.74, 6) is 0.457. The molecule has 1 atom stereocenters. The van der Waals surface area contributed by atoms with Gasteiger partial charge in [-0.15, -0.1) is 0 Å². The Bertz CT molecular complexity index is 569. The summed E-state index contributed by atoms with van der Waals surface area (Å²) in [4.78, 5) is 0. The molecule has 0 radical (unpaired) electrons. The molecule has 3 nitrogen and oxygen atoms in total. The van der Waals surface area contributed by atoms with Crippen molar-refractivity contribution in [3.8, 4) is 5.75 Å². The van der Waals surface area contributed by atoms with Gasteiger partial charge >= 0.3 is 0 Å². The van der Waals surface area contributed by atoms with E-state index in [1.54, 1.807) is 13.2 Å². The quantitative estimate of drug-likeness (QED) is 0.879. The molecule has 0 heterocycles. The van der Waals surface area contributed by atoms with Gasteiger partial charge in [-0.2, -0.15) is 0 Å². The number of aliphatic hydroxyl groups excluding tert-OH is 1. The first kappa shape index (κ1) is 14.3. The van der Waals surface area contributed by atoms with Gasteiger partial charge in [-0.05, 0) is 54.4 Å². The molecule has 4 heteroatoms. The third kappa shape index (κ3) is 3.27. The largest absolute Gasteiger partial charge is 0.497 e. The molecular weight excluding hydrogens is 257 g/mol. The Morgan fingerprint density at radius 3 is 2.50 bits per heavy atom. The van der Waals surface area contributed by atoms with E-state index < -0.39 is 0 Å². The minimum absolute atomic E-state index is 0.115. The van der Waals surface area contributed by atoms with Gasteiger partial charge in [-0.1, -0.05) is 6.07 Å². The molecule has 0 saturated carbocycles. The lowest BCUT2D eigenvalue weighted by molar-refractivity contribution is 0.276. The maximum atomic E-state index is 13.4. The number of halogens is 1. The zero-order valence-electron chi connectivity index (χ0n) is 11.6. The van der Waals surface area contributed by atoms with Crippen molar-refractivity contribution in [2.75, 3.05) is 19.0 Å². The van der Waals surface area contributed by atoms with Gasteiger partial charge in [0.1, 0.15) is 11.6 Å². The van der Waals surface area contributed by atoms with Gasteiger partial charge in [0.15, 0.2) is 0 Å². The third-order valence-corrected chi connectivity index (χ3v) is 3.23. The fourth-order valence-electron chi connectivity index (χ4n) is 2.10. The van der Waals surface area contributed by atoms with Crippen LogP contribution in [0.3, 0.4) is 0 Å². The van der Waals surface area contributed by atoms with Gasteiger partial charge in [0.2, 0.25) is 0 Å². The molecule has 0 spiro atoms. The fraction of sp³-hybridized carbons (Fsp3) is 0.250. The highest BCUT2D eigenvalue weighted by molar-refractivity contribution is 5.49. The van der Waals surface area contributed by atoms with E-state index in [0.717, 1.165) is 22.6 Å². The number of aliphatic hydroxyl groups is 1. The van der Waals surface area contributed by atoms with Crippen molar-refractivity contribution in [2.24, 2.45) is 0 Å². The molecule has 0 amide bonds. The fourth-order valence-corrected chi connectivity index (χ4v) is 2.10. The standard InChI is InChI=1S/C16H18FNO2/c1-11-3-4-12(17)9-15(11)16(10-19)18-13-5-7-14(20-2)8-6-13/h3-9,16,18-19H,10H2,1-2H3. The minimum atomic E-state index is -0.348. The number of hydrogen-bond acceptors (Lipinski definition) is 3. The Kier molecular flexibility index (Phi) is 4.58. The first-order valence-corrected chi connectivity index (χ1v) is 6.41. The van der Waals surface area contributed by atoms with Crippen molar-refractivity contribution in [2.45, 2.75) is 13.0 Å². The number of methoxy groups -OCH3 is 1.